The molecule has 0 spiro atoms. The lowest BCUT2D eigenvalue weighted by atomic mass is 10.1. The minimum Gasteiger partial charge on any atom is -0.478 e. The largest absolute Gasteiger partial charge is 0.478 e. The zero-order valence-electron chi connectivity index (χ0n) is 10.6. The fraction of sp³-hybridized carbons (Fsp3) is 0.214. The second-order valence-corrected chi connectivity index (χ2v) is 4.20. The lowest BCUT2D eigenvalue weighted by Gasteiger charge is -2.14. The molecule has 1 aromatic heterocycles. The van der Waals surface area contributed by atoms with E-state index in [-0.39, 0.29) is 11.6 Å². The van der Waals surface area contributed by atoms with Gasteiger partial charge >= 0.3 is 5.97 Å². The summed E-state index contributed by atoms with van der Waals surface area (Å²) in [7, 11) is 0. The molecule has 19 heavy (non-hydrogen) atoms. The van der Waals surface area contributed by atoms with Crippen LogP contribution in [0.3, 0.4) is 0 Å². The van der Waals surface area contributed by atoms with Crippen molar-refractivity contribution in [3.8, 4) is 0 Å². The van der Waals surface area contributed by atoms with Gasteiger partial charge in [0.1, 0.15) is 11.9 Å². The van der Waals surface area contributed by atoms with E-state index in [1.165, 1.54) is 12.5 Å². The molecule has 5 nitrogen and oxygen atoms in total. The van der Waals surface area contributed by atoms with Crippen LogP contribution in [-0.4, -0.2) is 21.0 Å². The normalized spacial score (nSPS) is 12.1. The maximum Gasteiger partial charge on any atom is 0.339 e. The Bertz CT molecular complexity index is 558. The summed E-state index contributed by atoms with van der Waals surface area (Å²) in [5.74, 6) is -1.01. The van der Waals surface area contributed by atoms with Crippen molar-refractivity contribution < 1.29 is 9.90 Å². The molecular weight excluding hydrogens is 242 g/mol. The highest BCUT2D eigenvalue weighted by Gasteiger charge is 2.12. The number of aromatic nitrogens is 2. The molecule has 5 heteroatoms. The van der Waals surface area contributed by atoms with Gasteiger partial charge in [-0.3, -0.25) is 0 Å². The van der Waals surface area contributed by atoms with Gasteiger partial charge < -0.3 is 10.4 Å². The molecule has 2 rings (SSSR count). The minimum atomic E-state index is -1.01. The van der Waals surface area contributed by atoms with E-state index in [0.29, 0.717) is 12.2 Å². The van der Waals surface area contributed by atoms with Gasteiger partial charge in [-0.15, -0.1) is 0 Å². The Kier molecular flexibility index (Phi) is 4.20. The van der Waals surface area contributed by atoms with E-state index < -0.39 is 5.97 Å². The Morgan fingerprint density at radius 3 is 2.79 bits per heavy atom. The van der Waals surface area contributed by atoms with Crippen LogP contribution in [0.25, 0.3) is 0 Å². The smallest absolute Gasteiger partial charge is 0.339 e. The van der Waals surface area contributed by atoms with E-state index in [1.54, 1.807) is 0 Å². The molecule has 0 fully saturated rings. The highest BCUT2D eigenvalue weighted by molar-refractivity contribution is 5.88. The number of carbonyl (C=O) groups is 1. The molecule has 0 aliphatic rings. The topological polar surface area (TPSA) is 75.1 Å². The zero-order chi connectivity index (χ0) is 13.7. The van der Waals surface area contributed by atoms with Gasteiger partial charge in [-0.2, -0.15) is 0 Å². The molecule has 2 N–H and O–H groups in total. The summed E-state index contributed by atoms with van der Waals surface area (Å²) in [5.41, 5.74) is 1.77. The molecule has 0 saturated heterocycles. The molecule has 0 radical (unpaired) electrons. The Balaban J connectivity index is 2.05. The van der Waals surface area contributed by atoms with E-state index >= 15 is 0 Å². The summed E-state index contributed by atoms with van der Waals surface area (Å²) >= 11 is 0. The average molecular weight is 257 g/mol. The van der Waals surface area contributed by atoms with E-state index in [1.807, 2.05) is 37.3 Å². The summed E-state index contributed by atoms with van der Waals surface area (Å²) in [5, 5.41) is 12.3. The third-order valence-electron chi connectivity index (χ3n) is 2.90. The Hall–Kier alpha value is -2.27. The average Bonchev–Trinajstić information content (AvgIpc) is 2.46. The second kappa shape index (κ2) is 6.06. The number of aromatic carboxylic acids is 1. The van der Waals surface area contributed by atoms with Crippen LogP contribution in [-0.2, 0) is 6.54 Å². The monoisotopic (exact) mass is 257 g/mol. The molecule has 1 atom stereocenters. The van der Waals surface area contributed by atoms with E-state index in [0.717, 1.165) is 5.56 Å². The van der Waals surface area contributed by atoms with Crippen molar-refractivity contribution in [1.29, 1.82) is 0 Å². The molecule has 0 amide bonds. The van der Waals surface area contributed by atoms with Gasteiger partial charge in [-0.05, 0) is 12.5 Å². The summed E-state index contributed by atoms with van der Waals surface area (Å²) in [6.07, 6.45) is 2.68. The van der Waals surface area contributed by atoms with Crippen molar-refractivity contribution in [2.45, 2.75) is 19.5 Å². The zero-order valence-corrected chi connectivity index (χ0v) is 10.6. The fourth-order valence-electron chi connectivity index (χ4n) is 1.78. The van der Waals surface area contributed by atoms with Crippen LogP contribution < -0.4 is 5.32 Å². The van der Waals surface area contributed by atoms with Gasteiger partial charge in [0.05, 0.1) is 5.69 Å². The number of hydrogen-bond acceptors (Lipinski definition) is 4. The third kappa shape index (κ3) is 3.35. The van der Waals surface area contributed by atoms with Gasteiger partial charge in [0.25, 0.3) is 0 Å². The lowest BCUT2D eigenvalue weighted by molar-refractivity contribution is 0.0694. The maximum absolute atomic E-state index is 11.0. The van der Waals surface area contributed by atoms with E-state index in [2.05, 4.69) is 15.3 Å². The van der Waals surface area contributed by atoms with Crippen LogP contribution in [0.15, 0.2) is 42.9 Å². The van der Waals surface area contributed by atoms with Crippen molar-refractivity contribution in [2.24, 2.45) is 0 Å². The summed E-state index contributed by atoms with van der Waals surface area (Å²) in [4.78, 5) is 18.8. The highest BCUT2D eigenvalue weighted by Crippen LogP contribution is 2.12. The van der Waals surface area contributed by atoms with Gasteiger partial charge in [-0.25, -0.2) is 14.8 Å². The Labute approximate surface area is 111 Å². The van der Waals surface area contributed by atoms with Gasteiger partial charge in [0.2, 0.25) is 0 Å². The predicted octanol–water partition coefficient (Wildman–Crippen LogP) is 2.03. The van der Waals surface area contributed by atoms with Crippen molar-refractivity contribution in [3.05, 3.63) is 59.7 Å². The van der Waals surface area contributed by atoms with Crippen LogP contribution in [0.2, 0.25) is 0 Å². The highest BCUT2D eigenvalue weighted by atomic mass is 16.4. The second-order valence-electron chi connectivity index (χ2n) is 4.20. The molecule has 0 aliphatic carbocycles. The molecule has 1 unspecified atom stereocenters. The lowest BCUT2D eigenvalue weighted by Crippen LogP contribution is -2.20. The first-order valence-corrected chi connectivity index (χ1v) is 5.99. The number of nitrogens with zero attached hydrogens (tertiary/aromatic N) is 2. The van der Waals surface area contributed by atoms with Crippen molar-refractivity contribution in [1.82, 2.24) is 15.3 Å². The van der Waals surface area contributed by atoms with Crippen LogP contribution >= 0.6 is 0 Å². The molecule has 0 saturated carbocycles. The van der Waals surface area contributed by atoms with Crippen molar-refractivity contribution in [2.75, 3.05) is 0 Å². The number of hydrogen-bond donors (Lipinski definition) is 2. The van der Waals surface area contributed by atoms with Crippen LogP contribution in [0.1, 0.15) is 34.6 Å². The van der Waals surface area contributed by atoms with Gasteiger partial charge in [0, 0.05) is 18.8 Å². The quantitative estimate of drug-likeness (QED) is 0.857. The molecule has 0 bridgehead atoms. The first-order valence-electron chi connectivity index (χ1n) is 5.99. The summed E-state index contributed by atoms with van der Waals surface area (Å²) < 4.78 is 0. The number of carboxylic acid groups (broad SMARTS) is 1. The molecule has 1 heterocycles. The van der Waals surface area contributed by atoms with Crippen LogP contribution in [0.4, 0.5) is 0 Å². The number of carboxylic acids is 1. The fourth-order valence-corrected chi connectivity index (χ4v) is 1.78. The van der Waals surface area contributed by atoms with Crippen molar-refractivity contribution in [3.63, 3.8) is 0 Å². The third-order valence-corrected chi connectivity index (χ3v) is 2.90. The van der Waals surface area contributed by atoms with Crippen LogP contribution in [0.5, 0.6) is 0 Å². The SMILES string of the molecule is CC(NCc1ncncc1C(=O)O)c1ccccc1. The first-order chi connectivity index (χ1) is 9.18. The standard InChI is InChI=1S/C14H15N3O2/c1-10(11-5-3-2-4-6-11)16-8-13-12(14(18)19)7-15-9-17-13/h2-7,9-10,16H,8H2,1H3,(H,18,19). The minimum absolute atomic E-state index is 0.123. The number of benzene rings is 1. The molecule has 98 valence electrons. The van der Waals surface area contributed by atoms with Gasteiger partial charge in [-0.1, -0.05) is 30.3 Å². The molecule has 0 aliphatic heterocycles. The van der Waals surface area contributed by atoms with Crippen molar-refractivity contribution >= 4 is 5.97 Å². The molecule has 2 aromatic rings. The molecular formula is C14H15N3O2. The maximum atomic E-state index is 11.0. The first kappa shape index (κ1) is 13.2. The Morgan fingerprint density at radius 1 is 1.37 bits per heavy atom. The van der Waals surface area contributed by atoms with E-state index in [4.69, 9.17) is 5.11 Å². The van der Waals surface area contributed by atoms with Crippen LogP contribution in [0, 0.1) is 0 Å². The molecule has 1 aromatic carbocycles. The number of nitrogens with one attached hydrogen (secondary N) is 1. The Morgan fingerprint density at radius 2 is 2.11 bits per heavy atom. The van der Waals surface area contributed by atoms with E-state index in [9.17, 15) is 4.79 Å². The van der Waals surface area contributed by atoms with Gasteiger partial charge in [0.15, 0.2) is 0 Å². The summed E-state index contributed by atoms with van der Waals surface area (Å²) in [6, 6.07) is 10.1. The number of rotatable bonds is 5. The summed E-state index contributed by atoms with van der Waals surface area (Å²) in [6.45, 7) is 2.41. The predicted molar refractivity (Wildman–Crippen MR) is 70.7 cm³/mol.